The van der Waals surface area contributed by atoms with Gasteiger partial charge in [-0.2, -0.15) is 0 Å². The van der Waals surface area contributed by atoms with Gasteiger partial charge in [0.25, 0.3) is 0 Å². The summed E-state index contributed by atoms with van der Waals surface area (Å²) in [6.07, 6.45) is 0.398. The van der Waals surface area contributed by atoms with Crippen molar-refractivity contribution < 1.29 is 19.4 Å². The van der Waals surface area contributed by atoms with E-state index in [1.807, 2.05) is 20.8 Å². The van der Waals surface area contributed by atoms with E-state index in [4.69, 9.17) is 4.74 Å². The summed E-state index contributed by atoms with van der Waals surface area (Å²) >= 11 is 0. The van der Waals surface area contributed by atoms with Crippen LogP contribution in [0.3, 0.4) is 0 Å². The number of aromatic hydroxyl groups is 1. The number of carbonyl (C=O) groups is 2. The molecule has 1 aliphatic rings. The van der Waals surface area contributed by atoms with Crippen LogP contribution in [0.1, 0.15) is 32.8 Å². The van der Waals surface area contributed by atoms with Crippen molar-refractivity contribution in [2.24, 2.45) is 0 Å². The number of hydrogen-bond acceptors (Lipinski definition) is 4. The number of likely N-dealkylation sites (tertiary alicyclic amines) is 1. The second-order valence-electron chi connectivity index (χ2n) is 6.78. The van der Waals surface area contributed by atoms with Gasteiger partial charge in [-0.15, -0.1) is 0 Å². The van der Waals surface area contributed by atoms with Crippen molar-refractivity contribution in [1.29, 1.82) is 0 Å². The van der Waals surface area contributed by atoms with Crippen molar-refractivity contribution >= 4 is 12.0 Å². The third-order valence-corrected chi connectivity index (χ3v) is 3.60. The minimum absolute atomic E-state index is 0.0556. The number of nitrogens with one attached hydrogen (secondary N) is 1. The third-order valence-electron chi connectivity index (χ3n) is 3.60. The van der Waals surface area contributed by atoms with Crippen LogP contribution >= 0.6 is 0 Å². The van der Waals surface area contributed by atoms with E-state index in [0.717, 1.165) is 0 Å². The lowest BCUT2D eigenvalue weighted by atomic mass is 10.1. The van der Waals surface area contributed by atoms with Crippen LogP contribution in [-0.2, 0) is 16.0 Å². The second-order valence-corrected chi connectivity index (χ2v) is 6.78. The number of ether oxygens (including phenoxy) is 1. The summed E-state index contributed by atoms with van der Waals surface area (Å²) in [7, 11) is 0. The SMILES string of the molecule is CC(C)(C)OC(=O)NC1CCN(C(=O)Cc2ccccc2O)C1. The number of rotatable bonds is 3. The molecule has 6 nitrogen and oxygen atoms in total. The molecule has 23 heavy (non-hydrogen) atoms. The number of alkyl carbamates (subject to hydrolysis) is 1. The van der Waals surface area contributed by atoms with Crippen LogP contribution in [0.25, 0.3) is 0 Å². The number of para-hydroxylation sites is 1. The van der Waals surface area contributed by atoms with Gasteiger partial charge in [-0.3, -0.25) is 4.79 Å². The fourth-order valence-corrected chi connectivity index (χ4v) is 2.51. The highest BCUT2D eigenvalue weighted by molar-refractivity contribution is 5.80. The molecule has 0 saturated carbocycles. The number of benzene rings is 1. The van der Waals surface area contributed by atoms with E-state index in [0.29, 0.717) is 25.1 Å². The number of carbonyl (C=O) groups excluding carboxylic acids is 2. The molecule has 0 bridgehead atoms. The number of amides is 2. The molecule has 1 heterocycles. The minimum Gasteiger partial charge on any atom is -0.508 e. The Morgan fingerprint density at radius 3 is 2.70 bits per heavy atom. The average Bonchev–Trinajstić information content (AvgIpc) is 2.87. The molecular weight excluding hydrogens is 296 g/mol. The zero-order valence-electron chi connectivity index (χ0n) is 13.8. The van der Waals surface area contributed by atoms with Gasteiger partial charge in [-0.25, -0.2) is 4.79 Å². The maximum Gasteiger partial charge on any atom is 0.407 e. The summed E-state index contributed by atoms with van der Waals surface area (Å²) in [5, 5.41) is 12.5. The lowest BCUT2D eigenvalue weighted by Gasteiger charge is -2.22. The van der Waals surface area contributed by atoms with E-state index < -0.39 is 11.7 Å². The number of phenols is 1. The first kappa shape index (κ1) is 17.1. The van der Waals surface area contributed by atoms with Gasteiger partial charge in [0.2, 0.25) is 5.91 Å². The van der Waals surface area contributed by atoms with Gasteiger partial charge in [0.05, 0.1) is 12.5 Å². The summed E-state index contributed by atoms with van der Waals surface area (Å²) in [5.74, 6) is 0.0727. The first-order valence-corrected chi connectivity index (χ1v) is 7.79. The van der Waals surface area contributed by atoms with Gasteiger partial charge in [-0.05, 0) is 33.3 Å². The standard InChI is InChI=1S/C17H24N2O4/c1-17(2,3)23-16(22)18-13-8-9-19(11-13)15(21)10-12-6-4-5-7-14(12)20/h4-7,13,20H,8-11H2,1-3H3,(H,18,22). The van der Waals surface area contributed by atoms with Crippen LogP contribution in [0.5, 0.6) is 5.75 Å². The molecule has 6 heteroatoms. The molecule has 2 N–H and O–H groups in total. The predicted molar refractivity (Wildman–Crippen MR) is 86.2 cm³/mol. The Morgan fingerprint density at radius 2 is 2.04 bits per heavy atom. The van der Waals surface area contributed by atoms with Crippen LogP contribution < -0.4 is 5.32 Å². The molecule has 1 unspecified atom stereocenters. The Bertz CT molecular complexity index is 580. The largest absolute Gasteiger partial charge is 0.508 e. The molecule has 2 amide bonds. The molecule has 0 aliphatic carbocycles. The van der Waals surface area contributed by atoms with Crippen molar-refractivity contribution in [2.45, 2.75) is 45.3 Å². The Labute approximate surface area is 136 Å². The monoisotopic (exact) mass is 320 g/mol. The van der Waals surface area contributed by atoms with Crippen LogP contribution in [0.15, 0.2) is 24.3 Å². The highest BCUT2D eigenvalue weighted by Gasteiger charge is 2.29. The fourth-order valence-electron chi connectivity index (χ4n) is 2.51. The first-order chi connectivity index (χ1) is 10.7. The fraction of sp³-hybridized carbons (Fsp3) is 0.529. The van der Waals surface area contributed by atoms with Gasteiger partial charge < -0.3 is 20.1 Å². The zero-order chi connectivity index (χ0) is 17.0. The summed E-state index contributed by atoms with van der Waals surface area (Å²) < 4.78 is 5.22. The minimum atomic E-state index is -0.539. The number of hydrogen-bond donors (Lipinski definition) is 2. The lowest BCUT2D eigenvalue weighted by Crippen LogP contribution is -2.41. The number of nitrogens with zero attached hydrogens (tertiary/aromatic N) is 1. The molecule has 1 aromatic rings. The van der Waals surface area contributed by atoms with Crippen molar-refractivity contribution in [1.82, 2.24) is 10.2 Å². The third kappa shape index (κ3) is 5.16. The molecule has 2 rings (SSSR count). The summed E-state index contributed by atoms with van der Waals surface area (Å²) in [6, 6.07) is 6.72. The van der Waals surface area contributed by atoms with E-state index in [1.165, 1.54) is 0 Å². The van der Waals surface area contributed by atoms with Crippen molar-refractivity contribution in [3.05, 3.63) is 29.8 Å². The molecule has 1 fully saturated rings. The zero-order valence-corrected chi connectivity index (χ0v) is 13.8. The molecule has 126 valence electrons. The summed E-state index contributed by atoms with van der Waals surface area (Å²) in [5.41, 5.74) is 0.0734. The molecule has 1 aliphatic heterocycles. The topological polar surface area (TPSA) is 78.9 Å². The van der Waals surface area contributed by atoms with Gasteiger partial charge in [0, 0.05) is 18.7 Å². The molecule has 1 atom stereocenters. The maximum absolute atomic E-state index is 12.3. The molecule has 0 radical (unpaired) electrons. The highest BCUT2D eigenvalue weighted by Crippen LogP contribution is 2.19. The van der Waals surface area contributed by atoms with Gasteiger partial charge in [-0.1, -0.05) is 18.2 Å². The van der Waals surface area contributed by atoms with E-state index >= 15 is 0 Å². The Balaban J connectivity index is 1.84. The van der Waals surface area contributed by atoms with Crippen molar-refractivity contribution in [3.63, 3.8) is 0 Å². The van der Waals surface area contributed by atoms with Crippen LogP contribution in [0.4, 0.5) is 4.79 Å². The van der Waals surface area contributed by atoms with Crippen LogP contribution in [0, 0.1) is 0 Å². The summed E-state index contributed by atoms with van der Waals surface area (Å²) in [6.45, 7) is 6.48. The predicted octanol–water partition coefficient (Wildman–Crippen LogP) is 2.06. The molecular formula is C17H24N2O4. The first-order valence-electron chi connectivity index (χ1n) is 7.79. The Hall–Kier alpha value is -2.24. The molecule has 1 aromatic carbocycles. The number of phenolic OH excluding ortho intramolecular Hbond substituents is 1. The van der Waals surface area contributed by atoms with Crippen molar-refractivity contribution in [3.8, 4) is 5.75 Å². The van der Waals surface area contributed by atoms with Crippen molar-refractivity contribution in [2.75, 3.05) is 13.1 Å². The summed E-state index contributed by atoms with van der Waals surface area (Å²) in [4.78, 5) is 25.8. The van der Waals surface area contributed by atoms with E-state index in [9.17, 15) is 14.7 Å². The lowest BCUT2D eigenvalue weighted by molar-refractivity contribution is -0.129. The molecule has 0 aromatic heterocycles. The normalized spacial score (nSPS) is 17.9. The average molecular weight is 320 g/mol. The van der Waals surface area contributed by atoms with Gasteiger partial charge in [0.1, 0.15) is 11.4 Å². The highest BCUT2D eigenvalue weighted by atomic mass is 16.6. The molecule has 1 saturated heterocycles. The van der Waals surface area contributed by atoms with Crippen LogP contribution in [-0.4, -0.2) is 46.7 Å². The molecule has 0 spiro atoms. The van der Waals surface area contributed by atoms with E-state index in [-0.39, 0.29) is 24.1 Å². The maximum atomic E-state index is 12.3. The second kappa shape index (κ2) is 6.89. The van der Waals surface area contributed by atoms with E-state index in [2.05, 4.69) is 5.32 Å². The van der Waals surface area contributed by atoms with Gasteiger partial charge in [0.15, 0.2) is 0 Å². The van der Waals surface area contributed by atoms with Gasteiger partial charge >= 0.3 is 6.09 Å². The Kier molecular flexibility index (Phi) is 5.13. The van der Waals surface area contributed by atoms with Crippen LogP contribution in [0.2, 0.25) is 0 Å². The smallest absolute Gasteiger partial charge is 0.407 e. The van der Waals surface area contributed by atoms with E-state index in [1.54, 1.807) is 29.2 Å². The quantitative estimate of drug-likeness (QED) is 0.893. The Morgan fingerprint density at radius 1 is 1.35 bits per heavy atom.